The molecule has 2 heteroatoms. The standard InChI is InChI=1S/C33H27NO/c1-21-16-22(2)32(23(3)17-21)26-12-13-27-28-10-7-11-29(33(28)35-31(27)20-26)30-19-25(14-15-34-30)18-24-8-5-4-6-9-24/h4-17,19-20H,18H2,1-3H3. The molecule has 0 saturated carbocycles. The number of fused-ring (bicyclic) bond motifs is 3. The lowest BCUT2D eigenvalue weighted by molar-refractivity contribution is 0.670. The van der Waals surface area contributed by atoms with Crippen LogP contribution in [0.1, 0.15) is 27.8 Å². The number of furan rings is 1. The first kappa shape index (κ1) is 21.4. The Labute approximate surface area is 205 Å². The van der Waals surface area contributed by atoms with Gasteiger partial charge in [0.05, 0.1) is 5.69 Å². The van der Waals surface area contributed by atoms with E-state index in [2.05, 4.69) is 112 Å². The van der Waals surface area contributed by atoms with Crippen LogP contribution >= 0.6 is 0 Å². The topological polar surface area (TPSA) is 26.0 Å². The van der Waals surface area contributed by atoms with Gasteiger partial charge in [0.15, 0.2) is 0 Å². The minimum Gasteiger partial charge on any atom is -0.455 e. The summed E-state index contributed by atoms with van der Waals surface area (Å²) in [6, 6.07) is 32.2. The summed E-state index contributed by atoms with van der Waals surface area (Å²) in [4.78, 5) is 4.71. The van der Waals surface area contributed by atoms with Crippen LogP contribution in [0.2, 0.25) is 0 Å². The van der Waals surface area contributed by atoms with Gasteiger partial charge in [0.1, 0.15) is 11.2 Å². The molecule has 0 atom stereocenters. The van der Waals surface area contributed by atoms with Gasteiger partial charge in [-0.05, 0) is 90.9 Å². The molecule has 0 radical (unpaired) electrons. The van der Waals surface area contributed by atoms with Crippen LogP contribution < -0.4 is 0 Å². The monoisotopic (exact) mass is 453 g/mol. The largest absolute Gasteiger partial charge is 0.455 e. The van der Waals surface area contributed by atoms with E-state index in [-0.39, 0.29) is 0 Å². The number of nitrogens with zero attached hydrogens (tertiary/aromatic N) is 1. The predicted octanol–water partition coefficient (Wildman–Crippen LogP) is 8.83. The first-order valence-corrected chi connectivity index (χ1v) is 12.1. The Hall–Kier alpha value is -4.17. The third-order valence-corrected chi connectivity index (χ3v) is 6.82. The molecule has 6 rings (SSSR count). The number of aryl methyl sites for hydroxylation is 3. The van der Waals surface area contributed by atoms with E-state index in [1.54, 1.807) is 0 Å². The van der Waals surface area contributed by atoms with Crippen LogP contribution in [0.25, 0.3) is 44.3 Å². The van der Waals surface area contributed by atoms with Crippen molar-refractivity contribution in [2.45, 2.75) is 27.2 Å². The van der Waals surface area contributed by atoms with Gasteiger partial charge in [-0.2, -0.15) is 0 Å². The maximum atomic E-state index is 6.52. The number of aromatic nitrogens is 1. The first-order chi connectivity index (χ1) is 17.1. The number of hydrogen-bond donors (Lipinski definition) is 0. The minimum atomic E-state index is 0.880. The van der Waals surface area contributed by atoms with Crippen molar-refractivity contribution in [3.63, 3.8) is 0 Å². The molecule has 0 fully saturated rings. The molecular formula is C33H27NO. The van der Waals surface area contributed by atoms with Crippen LogP contribution in [0.4, 0.5) is 0 Å². The Morgan fingerprint density at radius 1 is 0.686 bits per heavy atom. The molecule has 170 valence electrons. The third kappa shape index (κ3) is 3.91. The van der Waals surface area contributed by atoms with Crippen molar-refractivity contribution < 1.29 is 4.42 Å². The second-order valence-corrected chi connectivity index (χ2v) is 9.48. The lowest BCUT2D eigenvalue weighted by Gasteiger charge is -2.11. The van der Waals surface area contributed by atoms with Gasteiger partial charge in [-0.1, -0.05) is 66.2 Å². The average molecular weight is 454 g/mol. The zero-order valence-electron chi connectivity index (χ0n) is 20.3. The first-order valence-electron chi connectivity index (χ1n) is 12.1. The zero-order valence-corrected chi connectivity index (χ0v) is 20.3. The molecule has 2 heterocycles. The second-order valence-electron chi connectivity index (χ2n) is 9.48. The number of para-hydroxylation sites is 1. The third-order valence-electron chi connectivity index (χ3n) is 6.82. The van der Waals surface area contributed by atoms with Crippen LogP contribution in [-0.4, -0.2) is 4.98 Å². The van der Waals surface area contributed by atoms with Gasteiger partial charge in [0.25, 0.3) is 0 Å². The smallest absolute Gasteiger partial charge is 0.144 e. The van der Waals surface area contributed by atoms with Crippen LogP contribution in [0, 0.1) is 20.8 Å². The Balaban J connectivity index is 1.46. The summed E-state index contributed by atoms with van der Waals surface area (Å²) in [5.74, 6) is 0. The van der Waals surface area contributed by atoms with E-state index in [1.165, 1.54) is 38.9 Å². The van der Waals surface area contributed by atoms with E-state index in [1.807, 2.05) is 6.20 Å². The number of rotatable bonds is 4. The summed E-state index contributed by atoms with van der Waals surface area (Å²) in [6.45, 7) is 6.52. The van der Waals surface area contributed by atoms with Crippen molar-refractivity contribution in [2.75, 3.05) is 0 Å². The summed E-state index contributed by atoms with van der Waals surface area (Å²) in [6.07, 6.45) is 2.78. The SMILES string of the molecule is Cc1cc(C)c(-c2ccc3c(c2)oc2c(-c4cc(Cc5ccccc5)ccn4)cccc23)c(C)c1. The predicted molar refractivity (Wildman–Crippen MR) is 146 cm³/mol. The zero-order chi connectivity index (χ0) is 23.9. The Bertz CT molecular complexity index is 1670. The van der Waals surface area contributed by atoms with Crippen LogP contribution in [0.5, 0.6) is 0 Å². The number of pyridine rings is 1. The molecule has 0 aliphatic rings. The summed E-state index contributed by atoms with van der Waals surface area (Å²) in [5.41, 5.74) is 12.6. The van der Waals surface area contributed by atoms with Crippen molar-refractivity contribution in [1.29, 1.82) is 0 Å². The van der Waals surface area contributed by atoms with Gasteiger partial charge in [0.2, 0.25) is 0 Å². The van der Waals surface area contributed by atoms with Crippen LogP contribution in [-0.2, 0) is 6.42 Å². The molecule has 4 aromatic carbocycles. The van der Waals surface area contributed by atoms with Gasteiger partial charge in [-0.25, -0.2) is 0 Å². The van der Waals surface area contributed by atoms with E-state index in [9.17, 15) is 0 Å². The molecular weight excluding hydrogens is 426 g/mol. The normalized spacial score (nSPS) is 11.4. The molecule has 0 aliphatic heterocycles. The summed E-state index contributed by atoms with van der Waals surface area (Å²) >= 11 is 0. The lowest BCUT2D eigenvalue weighted by atomic mass is 9.93. The molecule has 0 amide bonds. The number of benzene rings is 4. The van der Waals surface area contributed by atoms with E-state index in [0.29, 0.717) is 0 Å². The minimum absolute atomic E-state index is 0.880. The highest BCUT2D eigenvalue weighted by atomic mass is 16.3. The Kier molecular flexibility index (Phi) is 5.22. The van der Waals surface area contributed by atoms with Crippen molar-refractivity contribution in [2.24, 2.45) is 0 Å². The van der Waals surface area contributed by atoms with Crippen molar-refractivity contribution in [3.05, 3.63) is 125 Å². The molecule has 0 spiro atoms. The quantitative estimate of drug-likeness (QED) is 0.266. The van der Waals surface area contributed by atoms with Gasteiger partial charge in [0, 0.05) is 22.5 Å². The second kappa shape index (κ2) is 8.56. The fourth-order valence-electron chi connectivity index (χ4n) is 5.35. The van der Waals surface area contributed by atoms with Gasteiger partial charge >= 0.3 is 0 Å². The fraction of sp³-hybridized carbons (Fsp3) is 0.121. The van der Waals surface area contributed by atoms with E-state index < -0.39 is 0 Å². The number of hydrogen-bond acceptors (Lipinski definition) is 2. The van der Waals surface area contributed by atoms with Crippen LogP contribution in [0.15, 0.2) is 102 Å². The highest BCUT2D eigenvalue weighted by molar-refractivity contribution is 6.10. The van der Waals surface area contributed by atoms with E-state index in [4.69, 9.17) is 9.40 Å². The molecule has 0 bridgehead atoms. The van der Waals surface area contributed by atoms with E-state index >= 15 is 0 Å². The summed E-state index contributed by atoms with van der Waals surface area (Å²) in [5, 5.41) is 2.25. The molecule has 2 aromatic heterocycles. The van der Waals surface area contributed by atoms with Crippen molar-refractivity contribution in [1.82, 2.24) is 4.98 Å². The van der Waals surface area contributed by atoms with Crippen LogP contribution in [0.3, 0.4) is 0 Å². The maximum Gasteiger partial charge on any atom is 0.144 e. The highest BCUT2D eigenvalue weighted by Crippen LogP contribution is 2.38. The van der Waals surface area contributed by atoms with Gasteiger partial charge < -0.3 is 4.42 Å². The maximum absolute atomic E-state index is 6.52. The fourth-order valence-corrected chi connectivity index (χ4v) is 5.35. The molecule has 35 heavy (non-hydrogen) atoms. The molecule has 0 N–H and O–H groups in total. The van der Waals surface area contributed by atoms with Crippen molar-refractivity contribution >= 4 is 21.9 Å². The van der Waals surface area contributed by atoms with Gasteiger partial charge in [-0.3, -0.25) is 4.98 Å². The summed E-state index contributed by atoms with van der Waals surface area (Å²) in [7, 11) is 0. The molecule has 2 nitrogen and oxygen atoms in total. The highest BCUT2D eigenvalue weighted by Gasteiger charge is 2.15. The lowest BCUT2D eigenvalue weighted by Crippen LogP contribution is -1.91. The Morgan fingerprint density at radius 2 is 1.49 bits per heavy atom. The van der Waals surface area contributed by atoms with E-state index in [0.717, 1.165) is 39.6 Å². The van der Waals surface area contributed by atoms with Gasteiger partial charge in [-0.15, -0.1) is 0 Å². The molecule has 0 saturated heterocycles. The molecule has 0 aliphatic carbocycles. The average Bonchev–Trinajstić information content (AvgIpc) is 3.22. The summed E-state index contributed by atoms with van der Waals surface area (Å²) < 4.78 is 6.52. The van der Waals surface area contributed by atoms with Crippen molar-refractivity contribution in [3.8, 4) is 22.4 Å². The molecule has 0 unspecified atom stereocenters. The Morgan fingerprint density at radius 3 is 2.29 bits per heavy atom. The molecule has 6 aromatic rings.